The minimum atomic E-state index is -3.58. The van der Waals surface area contributed by atoms with Gasteiger partial charge in [0.25, 0.3) is 5.91 Å². The van der Waals surface area contributed by atoms with E-state index in [1.54, 1.807) is 27.4 Å². The Kier molecular flexibility index (Phi) is 10.2. The average molecular weight is 721 g/mol. The molecule has 1 saturated heterocycles. The molecule has 7 atom stereocenters. The summed E-state index contributed by atoms with van der Waals surface area (Å²) in [5.41, 5.74) is 4.92. The van der Waals surface area contributed by atoms with E-state index in [0.717, 1.165) is 56.6 Å². The molecule has 2 fully saturated rings. The van der Waals surface area contributed by atoms with Crippen LogP contribution in [0.1, 0.15) is 59.7 Å². The van der Waals surface area contributed by atoms with Crippen LogP contribution in [0.2, 0.25) is 0 Å². The predicted molar refractivity (Wildman–Crippen MR) is 197 cm³/mol. The molecule has 3 aliphatic heterocycles. The third-order valence-electron chi connectivity index (χ3n) is 11.9. The number of methoxy groups -OCH3 is 3. The SMILES string of the molecule is COC1CN(C(=O)NS2(=O)=NC(=O)c3ccc4c(c3)N(C[C@@H]3CC[C@H]3[C@@H](OC)/C=C/[C@H](OC)[C@H](C)C2)C[C@@]2(CCCc3cc(C)ccc32)CO4)C1. The highest BCUT2D eigenvalue weighted by Crippen LogP contribution is 2.47. The molecule has 1 spiro atoms. The smallest absolute Gasteiger partial charge is 0.330 e. The van der Waals surface area contributed by atoms with E-state index in [-0.39, 0.29) is 29.3 Å². The lowest BCUT2D eigenvalue weighted by Crippen LogP contribution is -2.58. The molecule has 7 rings (SSSR count). The number of rotatable bonds is 4. The number of nitrogens with zero attached hydrogens (tertiary/aromatic N) is 3. The third kappa shape index (κ3) is 7.17. The Hall–Kier alpha value is -3.45. The Morgan fingerprint density at radius 1 is 1.02 bits per heavy atom. The fraction of sp³-hybridized carbons (Fsp3) is 0.590. The van der Waals surface area contributed by atoms with Gasteiger partial charge in [-0.2, -0.15) is 0 Å². The largest absolute Gasteiger partial charge is 0.490 e. The van der Waals surface area contributed by atoms with Crippen molar-refractivity contribution in [2.75, 3.05) is 64.8 Å². The Bertz CT molecular complexity index is 1800. The summed E-state index contributed by atoms with van der Waals surface area (Å²) >= 11 is 0. The third-order valence-corrected chi connectivity index (χ3v) is 13.8. The first-order valence-electron chi connectivity index (χ1n) is 18.3. The van der Waals surface area contributed by atoms with Crippen molar-refractivity contribution in [3.8, 4) is 5.75 Å². The van der Waals surface area contributed by atoms with E-state index in [1.807, 2.05) is 25.1 Å². The van der Waals surface area contributed by atoms with E-state index in [4.69, 9.17) is 18.9 Å². The van der Waals surface area contributed by atoms with Gasteiger partial charge in [0.2, 0.25) is 0 Å². The van der Waals surface area contributed by atoms with Gasteiger partial charge in [-0.1, -0.05) is 42.8 Å². The molecule has 3 amide bonds. The van der Waals surface area contributed by atoms with Crippen LogP contribution in [0.15, 0.2) is 52.9 Å². The van der Waals surface area contributed by atoms with E-state index in [9.17, 15) is 13.8 Å². The predicted octanol–water partition coefficient (Wildman–Crippen LogP) is 5.29. The number of amides is 3. The fourth-order valence-corrected chi connectivity index (χ4v) is 10.6. The summed E-state index contributed by atoms with van der Waals surface area (Å²) < 4.78 is 45.5. The molecular formula is C39H52N4O7S. The van der Waals surface area contributed by atoms with Gasteiger partial charge in [-0.3, -0.25) is 9.52 Å². The monoisotopic (exact) mass is 720 g/mol. The molecule has 0 aromatic heterocycles. The molecule has 12 heteroatoms. The maximum absolute atomic E-state index is 14.6. The molecule has 1 N–H and O–H groups in total. The summed E-state index contributed by atoms with van der Waals surface area (Å²) in [6.07, 6.45) is 8.66. The van der Waals surface area contributed by atoms with Crippen LogP contribution in [0, 0.1) is 24.7 Å². The van der Waals surface area contributed by atoms with E-state index >= 15 is 0 Å². The summed E-state index contributed by atoms with van der Waals surface area (Å²) in [4.78, 5) is 31.2. The molecule has 5 aliphatic rings. The number of anilines is 1. The number of carbonyl (C=O) groups excluding carboxylic acids is 2. The number of aryl methyl sites for hydroxylation is 2. The number of nitrogens with one attached hydrogen (secondary N) is 1. The van der Waals surface area contributed by atoms with Gasteiger partial charge in [0.1, 0.15) is 15.7 Å². The van der Waals surface area contributed by atoms with Gasteiger partial charge in [0.15, 0.2) is 0 Å². The first-order chi connectivity index (χ1) is 24.5. The summed E-state index contributed by atoms with van der Waals surface area (Å²) in [6, 6.07) is 11.7. The lowest BCUT2D eigenvalue weighted by atomic mass is 9.68. The molecule has 2 aliphatic carbocycles. The van der Waals surface area contributed by atoms with Gasteiger partial charge in [0.05, 0.1) is 49.4 Å². The number of fused-ring (bicyclic) bond motifs is 4. The minimum absolute atomic E-state index is 0.0788. The van der Waals surface area contributed by atoms with Crippen molar-refractivity contribution in [2.45, 2.75) is 69.7 Å². The molecule has 2 aromatic carbocycles. The van der Waals surface area contributed by atoms with Crippen LogP contribution in [0.4, 0.5) is 10.5 Å². The van der Waals surface area contributed by atoms with Gasteiger partial charge in [-0.25, -0.2) is 9.00 Å². The molecule has 1 saturated carbocycles. The van der Waals surface area contributed by atoms with E-state index < -0.39 is 28.0 Å². The van der Waals surface area contributed by atoms with Gasteiger partial charge < -0.3 is 28.7 Å². The van der Waals surface area contributed by atoms with E-state index in [1.165, 1.54) is 21.6 Å². The van der Waals surface area contributed by atoms with Crippen molar-refractivity contribution in [1.29, 1.82) is 0 Å². The standard InChI is InChI=1S/C39H52N4O7S/c1-25-8-12-32-27(17-25)7-6-16-39(32)23-43-19-29-9-11-31(29)35(49-5)15-14-34(48-4)26(2)22-51(46,41-38(45)42-20-30(21-42)47-3)40-37(44)28-10-13-36(50-24-39)33(43)18-28/h8,10,12-15,17-18,26,29-31,34-35H,6-7,9,11,16,19-24H2,1-5H3,(H,40,41,44,45,46)/b15-14+/t26-,29+,31-,34+,35+,39+,51?/m1/s1. The van der Waals surface area contributed by atoms with Crippen molar-refractivity contribution >= 4 is 27.5 Å². The molecule has 276 valence electrons. The Labute approximate surface area is 302 Å². The van der Waals surface area contributed by atoms with Crippen LogP contribution in [-0.4, -0.2) is 99.2 Å². The first-order valence-corrected chi connectivity index (χ1v) is 20.0. The van der Waals surface area contributed by atoms with Crippen LogP contribution in [-0.2, 0) is 36.0 Å². The number of hydrogen-bond donors (Lipinski definition) is 1. The van der Waals surface area contributed by atoms with Gasteiger partial charge in [-0.05, 0) is 86.1 Å². The highest BCUT2D eigenvalue weighted by atomic mass is 32.2. The number of urea groups is 1. The zero-order valence-corrected chi connectivity index (χ0v) is 31.3. The zero-order chi connectivity index (χ0) is 35.9. The molecule has 2 aromatic rings. The minimum Gasteiger partial charge on any atom is -0.490 e. The van der Waals surface area contributed by atoms with Crippen LogP contribution in [0.25, 0.3) is 0 Å². The number of ether oxygens (including phenoxy) is 4. The fourth-order valence-electron chi connectivity index (χ4n) is 8.75. The molecule has 11 nitrogen and oxygen atoms in total. The summed E-state index contributed by atoms with van der Waals surface area (Å²) in [5.74, 6) is 0.304. The van der Waals surface area contributed by atoms with Crippen molar-refractivity contribution in [3.63, 3.8) is 0 Å². The van der Waals surface area contributed by atoms with Crippen LogP contribution in [0.5, 0.6) is 5.75 Å². The number of likely N-dealkylation sites (tertiary alicyclic amines) is 1. The van der Waals surface area contributed by atoms with Crippen molar-refractivity contribution in [3.05, 3.63) is 70.8 Å². The summed E-state index contributed by atoms with van der Waals surface area (Å²) in [6.45, 7) is 6.85. The van der Waals surface area contributed by atoms with Crippen molar-refractivity contribution in [1.82, 2.24) is 9.62 Å². The summed E-state index contributed by atoms with van der Waals surface area (Å²) in [7, 11) is 1.38. The second-order valence-electron chi connectivity index (χ2n) is 15.3. The molecule has 1 unspecified atom stereocenters. The molecule has 3 heterocycles. The number of benzene rings is 2. The van der Waals surface area contributed by atoms with Gasteiger partial charge in [0, 0.05) is 45.4 Å². The molecular weight excluding hydrogens is 669 g/mol. The number of carbonyl (C=O) groups is 2. The zero-order valence-electron chi connectivity index (χ0n) is 30.5. The lowest BCUT2D eigenvalue weighted by molar-refractivity contribution is -0.00646. The first kappa shape index (κ1) is 35.9. The molecule has 51 heavy (non-hydrogen) atoms. The van der Waals surface area contributed by atoms with Gasteiger partial charge in [-0.15, -0.1) is 4.36 Å². The second kappa shape index (κ2) is 14.5. The summed E-state index contributed by atoms with van der Waals surface area (Å²) in [5, 5.41) is 0. The maximum atomic E-state index is 14.6. The molecule has 2 bridgehead atoms. The van der Waals surface area contributed by atoms with Crippen LogP contribution < -0.4 is 14.4 Å². The maximum Gasteiger partial charge on any atom is 0.330 e. The second-order valence-corrected chi connectivity index (χ2v) is 17.3. The normalized spacial score (nSPS) is 33.0. The van der Waals surface area contributed by atoms with Crippen LogP contribution >= 0.6 is 0 Å². The Morgan fingerprint density at radius 3 is 2.53 bits per heavy atom. The number of hydrogen-bond acceptors (Lipinski definition) is 8. The highest BCUT2D eigenvalue weighted by molar-refractivity contribution is 7.92. The van der Waals surface area contributed by atoms with Crippen LogP contribution in [0.3, 0.4) is 0 Å². The highest BCUT2D eigenvalue weighted by Gasteiger charge is 2.44. The average Bonchev–Trinajstić information content (AvgIpc) is 3.21. The topological polar surface area (TPSA) is 119 Å². The Balaban J connectivity index is 1.30. The van der Waals surface area contributed by atoms with Crippen molar-refractivity contribution in [2.24, 2.45) is 22.1 Å². The van der Waals surface area contributed by atoms with E-state index in [0.29, 0.717) is 37.1 Å². The van der Waals surface area contributed by atoms with Gasteiger partial charge >= 0.3 is 6.03 Å². The Morgan fingerprint density at radius 2 is 1.80 bits per heavy atom. The van der Waals surface area contributed by atoms with Crippen molar-refractivity contribution < 1.29 is 32.7 Å². The molecule has 0 radical (unpaired) electrons. The lowest BCUT2D eigenvalue weighted by Gasteiger charge is -2.46. The quantitative estimate of drug-likeness (QED) is 0.424. The van der Waals surface area contributed by atoms with E-state index in [2.05, 4.69) is 45.2 Å².